The van der Waals surface area contributed by atoms with Gasteiger partial charge in [0.05, 0.1) is 0 Å². The van der Waals surface area contributed by atoms with Crippen molar-refractivity contribution in [2.45, 2.75) is 5.33 Å². The first kappa shape index (κ1) is 8.44. The van der Waals surface area contributed by atoms with Crippen LogP contribution in [0.4, 0.5) is 0 Å². The summed E-state index contributed by atoms with van der Waals surface area (Å²) in [4.78, 5) is 8.27. The summed E-state index contributed by atoms with van der Waals surface area (Å²) >= 11 is 3.42. The standard InChI is InChI=1S/C9H8BrN3/c10-6-8-2-1-3-12-9(8)13-5-4-11-7-13/h1-5,7H,6H2. The lowest BCUT2D eigenvalue weighted by atomic mass is 10.3. The van der Waals surface area contributed by atoms with Gasteiger partial charge >= 0.3 is 0 Å². The quantitative estimate of drug-likeness (QED) is 0.750. The van der Waals surface area contributed by atoms with E-state index in [9.17, 15) is 0 Å². The summed E-state index contributed by atoms with van der Waals surface area (Å²) < 4.78 is 1.90. The van der Waals surface area contributed by atoms with Crippen LogP contribution < -0.4 is 0 Å². The molecule has 0 aliphatic rings. The van der Waals surface area contributed by atoms with Gasteiger partial charge < -0.3 is 0 Å². The number of halogens is 1. The summed E-state index contributed by atoms with van der Waals surface area (Å²) in [5.74, 6) is 0.928. The minimum atomic E-state index is 0.800. The summed E-state index contributed by atoms with van der Waals surface area (Å²) in [7, 11) is 0. The zero-order chi connectivity index (χ0) is 9.10. The second-order valence-corrected chi connectivity index (χ2v) is 3.15. The van der Waals surface area contributed by atoms with Crippen LogP contribution in [0.2, 0.25) is 0 Å². The molecule has 0 aliphatic carbocycles. The van der Waals surface area contributed by atoms with Crippen LogP contribution in [-0.4, -0.2) is 14.5 Å². The molecule has 0 aromatic carbocycles. The van der Waals surface area contributed by atoms with Gasteiger partial charge in [-0.05, 0) is 6.07 Å². The Bertz CT molecular complexity index is 384. The summed E-state index contributed by atoms with van der Waals surface area (Å²) in [6.07, 6.45) is 7.15. The Labute approximate surface area is 84.6 Å². The molecule has 0 saturated heterocycles. The molecule has 4 heteroatoms. The number of hydrogen-bond acceptors (Lipinski definition) is 2. The number of hydrogen-bond donors (Lipinski definition) is 0. The summed E-state index contributed by atoms with van der Waals surface area (Å²) in [6.45, 7) is 0. The van der Waals surface area contributed by atoms with E-state index in [1.807, 2.05) is 22.9 Å². The van der Waals surface area contributed by atoms with Gasteiger partial charge in [-0.3, -0.25) is 4.57 Å². The van der Waals surface area contributed by atoms with Gasteiger partial charge in [0.15, 0.2) is 0 Å². The maximum absolute atomic E-state index is 4.28. The van der Waals surface area contributed by atoms with Gasteiger partial charge in [-0.25, -0.2) is 9.97 Å². The molecule has 0 spiro atoms. The van der Waals surface area contributed by atoms with E-state index in [-0.39, 0.29) is 0 Å². The molecule has 0 amide bonds. The highest BCUT2D eigenvalue weighted by Crippen LogP contribution is 2.13. The molecule has 0 aliphatic heterocycles. The first-order chi connectivity index (χ1) is 6.42. The first-order valence-corrected chi connectivity index (χ1v) is 5.02. The summed E-state index contributed by atoms with van der Waals surface area (Å²) in [6, 6.07) is 3.97. The Morgan fingerprint density at radius 3 is 3.00 bits per heavy atom. The van der Waals surface area contributed by atoms with Crippen molar-refractivity contribution in [2.75, 3.05) is 0 Å². The van der Waals surface area contributed by atoms with E-state index in [0.717, 1.165) is 16.7 Å². The molecule has 0 radical (unpaired) electrons. The molecular formula is C9H8BrN3. The van der Waals surface area contributed by atoms with Gasteiger partial charge in [-0.1, -0.05) is 22.0 Å². The molecule has 2 aromatic heterocycles. The van der Waals surface area contributed by atoms with E-state index < -0.39 is 0 Å². The third kappa shape index (κ3) is 1.62. The molecule has 0 bridgehead atoms. The lowest BCUT2D eigenvalue weighted by Gasteiger charge is -2.04. The molecule has 2 aromatic rings. The van der Waals surface area contributed by atoms with Crippen molar-refractivity contribution in [3.05, 3.63) is 42.6 Å². The van der Waals surface area contributed by atoms with Crippen molar-refractivity contribution in [3.8, 4) is 5.82 Å². The van der Waals surface area contributed by atoms with E-state index in [1.54, 1.807) is 18.7 Å². The summed E-state index contributed by atoms with van der Waals surface area (Å²) in [5.41, 5.74) is 1.15. The maximum atomic E-state index is 4.28. The Morgan fingerprint density at radius 2 is 2.31 bits per heavy atom. The highest BCUT2D eigenvalue weighted by Gasteiger charge is 2.02. The molecule has 0 fully saturated rings. The lowest BCUT2D eigenvalue weighted by molar-refractivity contribution is 0.973. The molecule has 0 saturated carbocycles. The van der Waals surface area contributed by atoms with Crippen LogP contribution in [0.15, 0.2) is 37.1 Å². The predicted molar refractivity (Wildman–Crippen MR) is 54.0 cm³/mol. The van der Waals surface area contributed by atoms with E-state index in [2.05, 4.69) is 25.9 Å². The fraction of sp³-hybridized carbons (Fsp3) is 0.111. The van der Waals surface area contributed by atoms with Gasteiger partial charge in [0.2, 0.25) is 0 Å². The first-order valence-electron chi connectivity index (χ1n) is 3.90. The fourth-order valence-electron chi connectivity index (χ4n) is 1.15. The number of imidazole rings is 1. The van der Waals surface area contributed by atoms with Gasteiger partial charge in [0.25, 0.3) is 0 Å². The van der Waals surface area contributed by atoms with E-state index >= 15 is 0 Å². The molecular weight excluding hydrogens is 230 g/mol. The minimum Gasteiger partial charge on any atom is -0.290 e. The fourth-order valence-corrected chi connectivity index (χ4v) is 1.59. The average molecular weight is 238 g/mol. The van der Waals surface area contributed by atoms with Gasteiger partial charge in [-0.15, -0.1) is 0 Å². The summed E-state index contributed by atoms with van der Waals surface area (Å²) in [5, 5.41) is 0.800. The maximum Gasteiger partial charge on any atom is 0.141 e. The zero-order valence-electron chi connectivity index (χ0n) is 6.89. The van der Waals surface area contributed by atoms with E-state index in [1.165, 1.54) is 0 Å². The highest BCUT2D eigenvalue weighted by atomic mass is 79.9. The molecule has 66 valence electrons. The van der Waals surface area contributed by atoms with Crippen molar-refractivity contribution >= 4 is 15.9 Å². The highest BCUT2D eigenvalue weighted by molar-refractivity contribution is 9.08. The Kier molecular flexibility index (Phi) is 2.40. The third-order valence-corrected chi connectivity index (χ3v) is 2.36. The SMILES string of the molecule is BrCc1cccnc1-n1ccnc1. The van der Waals surface area contributed by atoms with Crippen LogP contribution in [-0.2, 0) is 5.33 Å². The molecule has 13 heavy (non-hydrogen) atoms. The van der Waals surface area contributed by atoms with Crippen LogP contribution in [0.3, 0.4) is 0 Å². The Morgan fingerprint density at radius 1 is 1.38 bits per heavy atom. The predicted octanol–water partition coefficient (Wildman–Crippen LogP) is 2.16. The molecule has 0 atom stereocenters. The smallest absolute Gasteiger partial charge is 0.141 e. The molecule has 0 unspecified atom stereocenters. The second kappa shape index (κ2) is 3.70. The Hall–Kier alpha value is -1.16. The molecule has 0 N–H and O–H groups in total. The third-order valence-electron chi connectivity index (χ3n) is 1.76. The van der Waals surface area contributed by atoms with Gasteiger partial charge in [0, 0.05) is 29.5 Å². The molecule has 2 heterocycles. The largest absolute Gasteiger partial charge is 0.290 e. The number of pyridine rings is 1. The van der Waals surface area contributed by atoms with Crippen LogP contribution >= 0.6 is 15.9 Å². The van der Waals surface area contributed by atoms with E-state index in [0.29, 0.717) is 0 Å². The van der Waals surface area contributed by atoms with Crippen molar-refractivity contribution < 1.29 is 0 Å². The zero-order valence-corrected chi connectivity index (χ0v) is 8.48. The van der Waals surface area contributed by atoms with Crippen molar-refractivity contribution in [3.63, 3.8) is 0 Å². The Balaban J connectivity index is 2.51. The second-order valence-electron chi connectivity index (χ2n) is 2.59. The topological polar surface area (TPSA) is 30.7 Å². The van der Waals surface area contributed by atoms with Crippen molar-refractivity contribution in [2.24, 2.45) is 0 Å². The number of alkyl halides is 1. The average Bonchev–Trinajstić information content (AvgIpc) is 2.70. The van der Waals surface area contributed by atoms with E-state index in [4.69, 9.17) is 0 Å². The molecule has 3 nitrogen and oxygen atoms in total. The van der Waals surface area contributed by atoms with Crippen molar-refractivity contribution in [1.29, 1.82) is 0 Å². The minimum absolute atomic E-state index is 0.800. The van der Waals surface area contributed by atoms with Crippen LogP contribution in [0, 0.1) is 0 Å². The number of rotatable bonds is 2. The number of aromatic nitrogens is 3. The normalized spacial score (nSPS) is 10.2. The van der Waals surface area contributed by atoms with Gasteiger partial charge in [0.1, 0.15) is 12.1 Å². The lowest BCUT2D eigenvalue weighted by Crippen LogP contribution is -1.98. The van der Waals surface area contributed by atoms with Crippen LogP contribution in [0.5, 0.6) is 0 Å². The van der Waals surface area contributed by atoms with Gasteiger partial charge in [-0.2, -0.15) is 0 Å². The monoisotopic (exact) mass is 237 g/mol. The van der Waals surface area contributed by atoms with Crippen molar-refractivity contribution in [1.82, 2.24) is 14.5 Å². The van der Waals surface area contributed by atoms with Crippen LogP contribution in [0.25, 0.3) is 5.82 Å². The molecule has 2 rings (SSSR count). The number of nitrogens with zero attached hydrogens (tertiary/aromatic N) is 3. The van der Waals surface area contributed by atoms with Crippen LogP contribution in [0.1, 0.15) is 5.56 Å².